The molecule has 0 bridgehead atoms. The third kappa shape index (κ3) is 5.13. The van der Waals surface area contributed by atoms with E-state index in [-0.39, 0.29) is 6.09 Å². The number of rotatable bonds is 4. The zero-order valence-electron chi connectivity index (χ0n) is 14.4. The molecule has 1 saturated heterocycles. The van der Waals surface area contributed by atoms with Gasteiger partial charge in [0.1, 0.15) is 5.60 Å². The highest BCUT2D eigenvalue weighted by atomic mass is 16.6. The van der Waals surface area contributed by atoms with Crippen molar-refractivity contribution in [3.63, 3.8) is 0 Å². The minimum Gasteiger partial charge on any atom is -0.444 e. The van der Waals surface area contributed by atoms with Gasteiger partial charge >= 0.3 is 6.09 Å². The Hall–Kier alpha value is -0.810. The van der Waals surface area contributed by atoms with Crippen LogP contribution < -0.4 is 11.1 Å². The summed E-state index contributed by atoms with van der Waals surface area (Å²) in [5.74, 6) is 1.32. The molecule has 0 aromatic heterocycles. The summed E-state index contributed by atoms with van der Waals surface area (Å²) in [5.41, 5.74) is 5.43. The molecule has 0 spiro atoms. The van der Waals surface area contributed by atoms with Crippen molar-refractivity contribution in [2.45, 2.75) is 64.5 Å². The molecule has 2 fully saturated rings. The molecule has 2 unspecified atom stereocenters. The van der Waals surface area contributed by atoms with Gasteiger partial charge in [0.25, 0.3) is 0 Å². The predicted molar refractivity (Wildman–Crippen MR) is 88.7 cm³/mol. The van der Waals surface area contributed by atoms with Crippen LogP contribution in [0.1, 0.15) is 52.9 Å². The molecule has 1 heterocycles. The average molecular weight is 311 g/mol. The summed E-state index contributed by atoms with van der Waals surface area (Å²) in [5, 5.41) is 3.72. The van der Waals surface area contributed by atoms with Gasteiger partial charge in [-0.1, -0.05) is 6.42 Å². The number of carbonyl (C=O) groups is 1. The van der Waals surface area contributed by atoms with Crippen molar-refractivity contribution in [3.8, 4) is 0 Å². The van der Waals surface area contributed by atoms with Crippen molar-refractivity contribution < 1.29 is 9.53 Å². The fourth-order valence-electron chi connectivity index (χ4n) is 3.55. The maximum absolute atomic E-state index is 12.0. The van der Waals surface area contributed by atoms with Crippen LogP contribution in [0.25, 0.3) is 0 Å². The summed E-state index contributed by atoms with van der Waals surface area (Å²) >= 11 is 0. The van der Waals surface area contributed by atoms with Gasteiger partial charge in [-0.05, 0) is 71.4 Å². The van der Waals surface area contributed by atoms with Crippen LogP contribution in [0.15, 0.2) is 0 Å². The lowest BCUT2D eigenvalue weighted by Gasteiger charge is -2.34. The summed E-state index contributed by atoms with van der Waals surface area (Å²) in [6, 6.07) is 0.605. The number of ether oxygens (including phenoxy) is 1. The van der Waals surface area contributed by atoms with Crippen molar-refractivity contribution in [2.75, 3.05) is 26.2 Å². The minimum atomic E-state index is -0.408. The van der Waals surface area contributed by atoms with E-state index < -0.39 is 5.60 Å². The number of likely N-dealkylation sites (tertiary alicyclic amines) is 1. The first-order valence-electron chi connectivity index (χ1n) is 8.80. The monoisotopic (exact) mass is 311 g/mol. The zero-order valence-corrected chi connectivity index (χ0v) is 14.4. The Morgan fingerprint density at radius 1 is 1.23 bits per heavy atom. The van der Waals surface area contributed by atoms with Crippen LogP contribution in [-0.4, -0.2) is 48.8 Å². The average Bonchev–Trinajstić information content (AvgIpc) is 2.91. The number of nitrogens with one attached hydrogen (secondary N) is 1. The fourth-order valence-corrected chi connectivity index (χ4v) is 3.55. The molecule has 1 saturated carbocycles. The van der Waals surface area contributed by atoms with Gasteiger partial charge in [0.2, 0.25) is 0 Å². The number of hydrogen-bond acceptors (Lipinski definition) is 4. The second-order valence-electron chi connectivity index (χ2n) is 7.85. The van der Waals surface area contributed by atoms with Crippen LogP contribution in [0.4, 0.5) is 4.79 Å². The van der Waals surface area contributed by atoms with Crippen molar-refractivity contribution in [3.05, 3.63) is 0 Å². The van der Waals surface area contributed by atoms with Crippen LogP contribution >= 0.6 is 0 Å². The van der Waals surface area contributed by atoms with Crippen molar-refractivity contribution in [1.29, 1.82) is 0 Å². The first-order valence-corrected chi connectivity index (χ1v) is 8.80. The Kier molecular flexibility index (Phi) is 6.09. The smallest absolute Gasteiger partial charge is 0.410 e. The fraction of sp³-hybridized carbons (Fsp3) is 0.941. The number of nitrogens with two attached hydrogens (primary N) is 1. The molecule has 0 aromatic carbocycles. The molecule has 1 amide bonds. The van der Waals surface area contributed by atoms with Gasteiger partial charge in [-0.2, -0.15) is 0 Å². The van der Waals surface area contributed by atoms with E-state index in [4.69, 9.17) is 10.5 Å². The lowest BCUT2D eigenvalue weighted by Crippen LogP contribution is -2.45. The van der Waals surface area contributed by atoms with Crippen LogP contribution in [-0.2, 0) is 4.74 Å². The Morgan fingerprint density at radius 2 is 1.91 bits per heavy atom. The highest BCUT2D eigenvalue weighted by Gasteiger charge is 2.29. The van der Waals surface area contributed by atoms with Crippen molar-refractivity contribution in [1.82, 2.24) is 10.2 Å². The molecule has 22 heavy (non-hydrogen) atoms. The maximum Gasteiger partial charge on any atom is 0.410 e. The standard InChI is InChI=1S/C17H33N3O2/c1-17(2,3)22-16(21)20-9-7-13(8-10-20)12-19-15-6-4-5-14(15)11-18/h13-15,19H,4-12,18H2,1-3H3. The van der Waals surface area contributed by atoms with E-state index in [2.05, 4.69) is 5.32 Å². The molecule has 5 nitrogen and oxygen atoms in total. The quantitative estimate of drug-likeness (QED) is 0.836. The van der Waals surface area contributed by atoms with Crippen LogP contribution in [0, 0.1) is 11.8 Å². The molecular formula is C17H33N3O2. The lowest BCUT2D eigenvalue weighted by molar-refractivity contribution is 0.0183. The van der Waals surface area contributed by atoms with Crippen LogP contribution in [0.3, 0.4) is 0 Å². The summed E-state index contributed by atoms with van der Waals surface area (Å²) in [6.45, 7) is 9.22. The van der Waals surface area contributed by atoms with E-state index in [1.165, 1.54) is 19.3 Å². The molecule has 128 valence electrons. The molecule has 5 heteroatoms. The van der Waals surface area contributed by atoms with E-state index in [9.17, 15) is 4.79 Å². The van der Waals surface area contributed by atoms with E-state index in [1.54, 1.807) is 0 Å². The van der Waals surface area contributed by atoms with Crippen LogP contribution in [0.2, 0.25) is 0 Å². The highest BCUT2D eigenvalue weighted by molar-refractivity contribution is 5.68. The molecule has 1 aliphatic carbocycles. The Morgan fingerprint density at radius 3 is 2.50 bits per heavy atom. The normalized spacial score (nSPS) is 27.2. The number of amides is 1. The first-order chi connectivity index (χ1) is 10.4. The SMILES string of the molecule is CC(C)(C)OC(=O)N1CCC(CNC2CCCC2CN)CC1. The van der Waals surface area contributed by atoms with E-state index in [1.807, 2.05) is 25.7 Å². The molecular weight excluding hydrogens is 278 g/mol. The van der Waals surface area contributed by atoms with Gasteiger partial charge in [0, 0.05) is 19.1 Å². The summed E-state index contributed by atoms with van der Waals surface area (Å²) in [6.07, 6.45) is 5.79. The maximum atomic E-state index is 12.0. The third-order valence-electron chi connectivity index (χ3n) is 4.90. The van der Waals surface area contributed by atoms with Crippen molar-refractivity contribution in [2.24, 2.45) is 17.6 Å². The van der Waals surface area contributed by atoms with Gasteiger partial charge in [0.15, 0.2) is 0 Å². The highest BCUT2D eigenvalue weighted by Crippen LogP contribution is 2.25. The topological polar surface area (TPSA) is 67.6 Å². The van der Waals surface area contributed by atoms with Crippen molar-refractivity contribution >= 4 is 6.09 Å². The third-order valence-corrected chi connectivity index (χ3v) is 4.90. The lowest BCUT2D eigenvalue weighted by atomic mass is 9.95. The number of hydrogen-bond donors (Lipinski definition) is 2. The van der Waals surface area contributed by atoms with Crippen LogP contribution in [0.5, 0.6) is 0 Å². The van der Waals surface area contributed by atoms with Gasteiger partial charge in [-0.15, -0.1) is 0 Å². The van der Waals surface area contributed by atoms with E-state index >= 15 is 0 Å². The van der Waals surface area contributed by atoms with E-state index in [0.717, 1.165) is 39.0 Å². The summed E-state index contributed by atoms with van der Waals surface area (Å²) in [4.78, 5) is 13.9. The number of piperidine rings is 1. The molecule has 0 radical (unpaired) electrons. The Bertz CT molecular complexity index is 359. The van der Waals surface area contributed by atoms with E-state index in [0.29, 0.717) is 17.9 Å². The molecule has 1 aliphatic heterocycles. The van der Waals surface area contributed by atoms with Gasteiger partial charge < -0.3 is 20.7 Å². The summed E-state index contributed by atoms with van der Waals surface area (Å²) < 4.78 is 5.44. The van der Waals surface area contributed by atoms with Gasteiger partial charge in [-0.3, -0.25) is 0 Å². The predicted octanol–water partition coefficient (Wildman–Crippen LogP) is 2.35. The zero-order chi connectivity index (χ0) is 16.2. The largest absolute Gasteiger partial charge is 0.444 e. The first kappa shape index (κ1) is 17.5. The molecule has 2 atom stereocenters. The molecule has 0 aromatic rings. The Labute approximate surface area is 134 Å². The van der Waals surface area contributed by atoms with Gasteiger partial charge in [-0.25, -0.2) is 4.79 Å². The minimum absolute atomic E-state index is 0.169. The molecule has 2 aliphatic rings. The second-order valence-corrected chi connectivity index (χ2v) is 7.85. The Balaban J connectivity index is 1.68. The number of carbonyl (C=O) groups excluding carboxylic acids is 1. The second kappa shape index (κ2) is 7.64. The summed E-state index contributed by atoms with van der Waals surface area (Å²) in [7, 11) is 0. The number of nitrogens with zero attached hydrogens (tertiary/aromatic N) is 1. The molecule has 3 N–H and O–H groups in total. The van der Waals surface area contributed by atoms with Gasteiger partial charge in [0.05, 0.1) is 0 Å². The molecule has 2 rings (SSSR count).